The van der Waals surface area contributed by atoms with E-state index < -0.39 is 0 Å². The first-order valence-corrected chi connectivity index (χ1v) is 4.54. The van der Waals surface area contributed by atoms with Crippen molar-refractivity contribution in [1.82, 2.24) is 0 Å². The molecule has 0 nitrogen and oxygen atoms in total. The van der Waals surface area contributed by atoms with Crippen molar-refractivity contribution in [3.63, 3.8) is 0 Å². The fraction of sp³-hybridized carbons (Fsp3) is 0.625. The minimum atomic E-state index is 1.19. The van der Waals surface area contributed by atoms with Gasteiger partial charge in [0.05, 0.1) is 0 Å². The molecule has 0 saturated heterocycles. The summed E-state index contributed by atoms with van der Waals surface area (Å²) in [5, 5.41) is 0. The van der Waals surface area contributed by atoms with Crippen molar-refractivity contribution in [3.8, 4) is 0 Å². The van der Waals surface area contributed by atoms with E-state index in [2.05, 4.69) is 27.7 Å². The Kier molecular flexibility index (Phi) is 4.57. The van der Waals surface area contributed by atoms with Gasteiger partial charge in [-0.2, -0.15) is 0 Å². The molecule has 0 aromatic carbocycles. The van der Waals surface area contributed by atoms with Gasteiger partial charge < -0.3 is 0 Å². The molecule has 1 heteroatoms. The Balaban J connectivity index is 4.28. The third-order valence-electron chi connectivity index (χ3n) is 1.73. The van der Waals surface area contributed by atoms with Gasteiger partial charge in [-0.3, -0.25) is 0 Å². The first-order chi connectivity index (χ1) is 4.09. The molecule has 0 N–H and O–H groups in total. The molecule has 0 saturated carbocycles. The third kappa shape index (κ3) is 3.25. The van der Waals surface area contributed by atoms with E-state index in [-0.39, 0.29) is 0 Å². The Hall–Kier alpha value is 0.493. The van der Waals surface area contributed by atoms with E-state index in [4.69, 9.17) is 0 Å². The summed E-state index contributed by atoms with van der Waals surface area (Å²) >= 11 is 1.55. The van der Waals surface area contributed by atoms with Crippen molar-refractivity contribution in [2.24, 2.45) is 0 Å². The molecule has 0 aromatic heterocycles. The monoisotopic (exact) mass is 200 g/mol. The molecule has 0 fully saturated rings. The molecule has 0 amide bonds. The van der Waals surface area contributed by atoms with Gasteiger partial charge in [0.1, 0.15) is 0 Å². The van der Waals surface area contributed by atoms with E-state index >= 15 is 0 Å². The van der Waals surface area contributed by atoms with E-state index in [9.17, 15) is 0 Å². The summed E-state index contributed by atoms with van der Waals surface area (Å²) < 4.78 is 1.53. The van der Waals surface area contributed by atoms with Crippen molar-refractivity contribution in [1.29, 1.82) is 0 Å². The molecule has 0 spiro atoms. The van der Waals surface area contributed by atoms with Gasteiger partial charge in [0.2, 0.25) is 0 Å². The SMILES string of the molecule is CCC(C)=C(C)[C](C)=[Zr]. The minimum absolute atomic E-state index is 1.19. The molecule has 0 radical (unpaired) electrons. The molecule has 0 aliphatic rings. The van der Waals surface area contributed by atoms with Crippen LogP contribution >= 0.6 is 0 Å². The fourth-order valence-corrected chi connectivity index (χ4v) is 1.11. The Labute approximate surface area is 72.7 Å². The van der Waals surface area contributed by atoms with E-state index in [0.717, 1.165) is 0 Å². The molecule has 0 unspecified atom stereocenters. The molecule has 9 heavy (non-hydrogen) atoms. The van der Waals surface area contributed by atoms with Crippen molar-refractivity contribution in [3.05, 3.63) is 11.1 Å². The summed E-state index contributed by atoms with van der Waals surface area (Å²) in [6, 6.07) is 0. The normalized spacial score (nSPS) is 12.8. The molecule has 0 bridgehead atoms. The summed E-state index contributed by atoms with van der Waals surface area (Å²) in [5.74, 6) is 0. The van der Waals surface area contributed by atoms with Crippen LogP contribution < -0.4 is 0 Å². The van der Waals surface area contributed by atoms with Crippen LogP contribution in [0.1, 0.15) is 34.1 Å². The molecule has 0 aliphatic carbocycles. The van der Waals surface area contributed by atoms with Crippen LogP contribution in [0.5, 0.6) is 0 Å². The summed E-state index contributed by atoms with van der Waals surface area (Å²) in [7, 11) is 0. The molecule has 0 rings (SSSR count). The van der Waals surface area contributed by atoms with Gasteiger partial charge in [-0.05, 0) is 0 Å². The van der Waals surface area contributed by atoms with E-state index in [0.29, 0.717) is 0 Å². The second-order valence-electron chi connectivity index (χ2n) is 2.38. The van der Waals surface area contributed by atoms with E-state index in [1.165, 1.54) is 20.8 Å². The van der Waals surface area contributed by atoms with Gasteiger partial charge in [-0.15, -0.1) is 0 Å². The number of hydrogen-bond acceptors (Lipinski definition) is 0. The zero-order valence-electron chi connectivity index (χ0n) is 6.71. The first-order valence-electron chi connectivity index (χ1n) is 3.31. The quantitative estimate of drug-likeness (QED) is 0.644. The van der Waals surface area contributed by atoms with Crippen LogP contribution in [0, 0.1) is 0 Å². The average molecular weight is 201 g/mol. The standard InChI is InChI=1S/C8H14.Zr/c1-5-7(3)8(4)6-2;/h5H2,1-4H3;. The Morgan fingerprint density at radius 3 is 1.78 bits per heavy atom. The number of hydrogen-bond donors (Lipinski definition) is 0. The number of allylic oxidation sites excluding steroid dienone is 2. The van der Waals surface area contributed by atoms with Gasteiger partial charge in [0, 0.05) is 0 Å². The topological polar surface area (TPSA) is 0 Å². The maximum absolute atomic E-state index is 2.21. The van der Waals surface area contributed by atoms with Gasteiger partial charge in [-0.25, -0.2) is 0 Å². The van der Waals surface area contributed by atoms with Crippen LogP contribution in [-0.2, 0) is 24.2 Å². The van der Waals surface area contributed by atoms with E-state index in [1.54, 1.807) is 24.2 Å². The first kappa shape index (κ1) is 9.49. The zero-order valence-corrected chi connectivity index (χ0v) is 9.17. The van der Waals surface area contributed by atoms with Crippen LogP contribution in [0.3, 0.4) is 0 Å². The molecule has 0 heterocycles. The summed E-state index contributed by atoms with van der Waals surface area (Å²) in [5.41, 5.74) is 3.04. The van der Waals surface area contributed by atoms with Crippen LogP contribution in [0.2, 0.25) is 0 Å². The van der Waals surface area contributed by atoms with Gasteiger partial charge >= 0.3 is 72.7 Å². The maximum atomic E-state index is 2.21. The average Bonchev–Trinajstić information content (AvgIpc) is 1.84. The summed E-state index contributed by atoms with van der Waals surface area (Å²) in [4.78, 5) is 0. The fourth-order valence-electron chi connectivity index (χ4n) is 0.585. The zero-order chi connectivity index (χ0) is 7.44. The second kappa shape index (κ2) is 4.33. The predicted octanol–water partition coefficient (Wildman–Crippen LogP) is 2.47. The number of rotatable bonds is 2. The van der Waals surface area contributed by atoms with Gasteiger partial charge in [0.15, 0.2) is 0 Å². The third-order valence-corrected chi connectivity index (χ3v) is 2.65. The molecule has 0 aromatic rings. The van der Waals surface area contributed by atoms with Gasteiger partial charge in [-0.1, -0.05) is 0 Å². The van der Waals surface area contributed by atoms with Crippen molar-refractivity contribution in [2.45, 2.75) is 34.1 Å². The molecule has 0 atom stereocenters. The molecule has 0 aliphatic heterocycles. The molecule has 50 valence electrons. The van der Waals surface area contributed by atoms with Crippen LogP contribution in [-0.4, -0.2) is 3.21 Å². The summed E-state index contributed by atoms with van der Waals surface area (Å²) in [6.45, 7) is 8.83. The van der Waals surface area contributed by atoms with Crippen molar-refractivity contribution >= 4 is 3.21 Å². The Morgan fingerprint density at radius 2 is 1.67 bits per heavy atom. The van der Waals surface area contributed by atoms with E-state index in [1.807, 2.05) is 0 Å². The summed E-state index contributed by atoms with van der Waals surface area (Å²) in [6.07, 6.45) is 1.19. The van der Waals surface area contributed by atoms with Crippen molar-refractivity contribution < 1.29 is 24.2 Å². The molecular formula is C8H14Zr. The second-order valence-corrected chi connectivity index (χ2v) is 4.23. The molecular weight excluding hydrogens is 187 g/mol. The van der Waals surface area contributed by atoms with Crippen LogP contribution in [0.15, 0.2) is 11.1 Å². The Bertz CT molecular complexity index is 143. The van der Waals surface area contributed by atoms with Crippen LogP contribution in [0.4, 0.5) is 0 Å². The van der Waals surface area contributed by atoms with Crippen molar-refractivity contribution in [2.75, 3.05) is 0 Å². The van der Waals surface area contributed by atoms with Gasteiger partial charge in [0.25, 0.3) is 0 Å². The predicted molar refractivity (Wildman–Crippen MR) is 39.3 cm³/mol. The Morgan fingerprint density at radius 1 is 1.22 bits per heavy atom. The van der Waals surface area contributed by atoms with Crippen LogP contribution in [0.25, 0.3) is 0 Å².